The summed E-state index contributed by atoms with van der Waals surface area (Å²) < 4.78 is 0. The van der Waals surface area contributed by atoms with Gasteiger partial charge in [-0.2, -0.15) is 0 Å². The van der Waals surface area contributed by atoms with E-state index in [1.54, 1.807) is 0 Å². The first-order valence-electron chi connectivity index (χ1n) is 7.10. The highest BCUT2D eigenvalue weighted by molar-refractivity contribution is 6.07. The summed E-state index contributed by atoms with van der Waals surface area (Å²) in [4.78, 5) is 26.1. The van der Waals surface area contributed by atoms with E-state index in [4.69, 9.17) is 0 Å². The number of imide groups is 1. The Morgan fingerprint density at radius 1 is 1.37 bits per heavy atom. The Bertz CT molecular complexity index is 383. The van der Waals surface area contributed by atoms with Crippen molar-refractivity contribution in [2.75, 3.05) is 19.6 Å². The molecular weight excluding hydrogens is 242 g/mol. The molecule has 0 aromatic rings. The molecule has 0 aromatic heterocycles. The van der Waals surface area contributed by atoms with E-state index in [0.29, 0.717) is 12.5 Å². The van der Waals surface area contributed by atoms with E-state index >= 15 is 0 Å². The fraction of sp³-hybridized carbons (Fsp3) is 0.857. The minimum atomic E-state index is -0.799. The van der Waals surface area contributed by atoms with Crippen molar-refractivity contribution >= 4 is 11.9 Å². The number of carbonyl (C=O) groups is 2. The van der Waals surface area contributed by atoms with Crippen LogP contribution in [-0.2, 0) is 4.79 Å². The first-order valence-corrected chi connectivity index (χ1v) is 7.10. The van der Waals surface area contributed by atoms with Crippen molar-refractivity contribution in [1.29, 1.82) is 0 Å². The normalized spacial score (nSPS) is 32.6. The number of urea groups is 1. The Kier molecular flexibility index (Phi) is 3.60. The number of carbonyl (C=O) groups excluding carboxylic acids is 2. The molecule has 2 saturated heterocycles. The lowest BCUT2D eigenvalue weighted by atomic mass is 9.75. The molecule has 2 rings (SSSR count). The molecule has 0 spiro atoms. The van der Waals surface area contributed by atoms with Gasteiger partial charge in [-0.25, -0.2) is 4.79 Å². The van der Waals surface area contributed by atoms with Gasteiger partial charge in [0.2, 0.25) is 0 Å². The number of nitrogens with one attached hydrogen (secondary N) is 2. The quantitative estimate of drug-likeness (QED) is 0.742. The zero-order valence-electron chi connectivity index (χ0n) is 12.4. The number of piperidine rings is 1. The van der Waals surface area contributed by atoms with Crippen LogP contribution in [0.4, 0.5) is 4.79 Å². The summed E-state index contributed by atoms with van der Waals surface area (Å²) in [5.74, 6) is 0.293. The highest BCUT2D eigenvalue weighted by Crippen LogP contribution is 2.35. The Balaban J connectivity index is 2.10. The van der Waals surface area contributed by atoms with Crippen molar-refractivity contribution in [1.82, 2.24) is 15.5 Å². The number of nitrogens with zero attached hydrogens (tertiary/aromatic N) is 1. The SMILES string of the molecule is CC(C)(C)C1(C)NC(=O)N(CC2CCCNC2)C1=O. The average Bonchev–Trinajstić information content (AvgIpc) is 2.55. The second-order valence-electron chi connectivity index (χ2n) is 6.93. The van der Waals surface area contributed by atoms with Crippen molar-refractivity contribution in [3.8, 4) is 0 Å². The Morgan fingerprint density at radius 3 is 2.53 bits per heavy atom. The average molecular weight is 267 g/mol. The number of rotatable bonds is 2. The van der Waals surface area contributed by atoms with Gasteiger partial charge in [-0.15, -0.1) is 0 Å². The van der Waals surface area contributed by atoms with Crippen LogP contribution in [0, 0.1) is 11.3 Å². The first kappa shape index (κ1) is 14.3. The maximum Gasteiger partial charge on any atom is 0.325 e. The third-order valence-electron chi connectivity index (χ3n) is 4.61. The molecule has 0 aliphatic carbocycles. The summed E-state index contributed by atoms with van der Waals surface area (Å²) in [5.41, 5.74) is -1.09. The molecule has 0 saturated carbocycles. The topological polar surface area (TPSA) is 61.4 Å². The molecule has 5 nitrogen and oxygen atoms in total. The van der Waals surface area contributed by atoms with Crippen molar-refractivity contribution < 1.29 is 9.59 Å². The van der Waals surface area contributed by atoms with Crippen LogP contribution < -0.4 is 10.6 Å². The van der Waals surface area contributed by atoms with Gasteiger partial charge in [-0.3, -0.25) is 9.69 Å². The van der Waals surface area contributed by atoms with Gasteiger partial charge in [0.25, 0.3) is 5.91 Å². The third kappa shape index (κ3) is 2.48. The Labute approximate surface area is 115 Å². The lowest BCUT2D eigenvalue weighted by Crippen LogP contribution is -2.54. The number of hydrogen-bond donors (Lipinski definition) is 2. The van der Waals surface area contributed by atoms with Crippen molar-refractivity contribution in [3.63, 3.8) is 0 Å². The van der Waals surface area contributed by atoms with Gasteiger partial charge >= 0.3 is 6.03 Å². The summed E-state index contributed by atoms with van der Waals surface area (Å²) in [5, 5.41) is 6.20. The highest BCUT2D eigenvalue weighted by Gasteiger charge is 2.54. The third-order valence-corrected chi connectivity index (χ3v) is 4.61. The largest absolute Gasteiger partial charge is 0.325 e. The van der Waals surface area contributed by atoms with E-state index in [1.165, 1.54) is 4.90 Å². The molecule has 0 aromatic carbocycles. The Morgan fingerprint density at radius 2 is 2.05 bits per heavy atom. The van der Waals surface area contributed by atoms with Gasteiger partial charge in [0.05, 0.1) is 0 Å². The van der Waals surface area contributed by atoms with Crippen LogP contribution in [0.2, 0.25) is 0 Å². The number of hydrogen-bond acceptors (Lipinski definition) is 3. The van der Waals surface area contributed by atoms with Crippen molar-refractivity contribution in [2.45, 2.75) is 46.1 Å². The maximum atomic E-state index is 12.6. The number of amides is 3. The molecule has 2 aliphatic rings. The van der Waals surface area contributed by atoms with E-state index in [2.05, 4.69) is 10.6 Å². The van der Waals surface area contributed by atoms with Crippen LogP contribution in [0.25, 0.3) is 0 Å². The molecule has 0 radical (unpaired) electrons. The molecule has 2 atom stereocenters. The second-order valence-corrected chi connectivity index (χ2v) is 6.93. The molecule has 19 heavy (non-hydrogen) atoms. The summed E-state index contributed by atoms with van der Waals surface area (Å²) in [6.45, 7) is 10.2. The maximum absolute atomic E-state index is 12.6. The molecular formula is C14H25N3O2. The standard InChI is InChI=1S/C14H25N3O2/c1-13(2,3)14(4)11(18)17(12(19)16-14)9-10-6-5-7-15-8-10/h10,15H,5-9H2,1-4H3,(H,16,19). The lowest BCUT2D eigenvalue weighted by Gasteiger charge is -2.36. The van der Waals surface area contributed by atoms with Gasteiger partial charge in [-0.1, -0.05) is 20.8 Å². The van der Waals surface area contributed by atoms with Crippen LogP contribution in [0.3, 0.4) is 0 Å². The van der Waals surface area contributed by atoms with Crippen LogP contribution >= 0.6 is 0 Å². The Hall–Kier alpha value is -1.10. The van der Waals surface area contributed by atoms with Gasteiger partial charge < -0.3 is 10.6 Å². The van der Waals surface area contributed by atoms with E-state index in [9.17, 15) is 9.59 Å². The summed E-state index contributed by atoms with van der Waals surface area (Å²) >= 11 is 0. The smallest absolute Gasteiger partial charge is 0.323 e. The van der Waals surface area contributed by atoms with Gasteiger partial charge in [0.15, 0.2) is 0 Å². The van der Waals surface area contributed by atoms with Crippen LogP contribution in [0.5, 0.6) is 0 Å². The minimum Gasteiger partial charge on any atom is -0.323 e. The molecule has 5 heteroatoms. The molecule has 2 unspecified atom stereocenters. The zero-order valence-corrected chi connectivity index (χ0v) is 12.4. The lowest BCUT2D eigenvalue weighted by molar-refractivity contribution is -0.134. The van der Waals surface area contributed by atoms with Gasteiger partial charge in [0, 0.05) is 6.54 Å². The van der Waals surface area contributed by atoms with E-state index < -0.39 is 5.54 Å². The molecule has 2 aliphatic heterocycles. The molecule has 2 N–H and O–H groups in total. The van der Waals surface area contributed by atoms with E-state index in [1.807, 2.05) is 27.7 Å². The van der Waals surface area contributed by atoms with Gasteiger partial charge in [-0.05, 0) is 44.2 Å². The summed E-state index contributed by atoms with van der Waals surface area (Å²) in [6.07, 6.45) is 2.20. The van der Waals surface area contributed by atoms with E-state index in [-0.39, 0.29) is 17.4 Å². The predicted octanol–water partition coefficient (Wildman–Crippen LogP) is 1.34. The van der Waals surface area contributed by atoms with Crippen LogP contribution in [0.1, 0.15) is 40.5 Å². The molecule has 2 fully saturated rings. The molecule has 3 amide bonds. The first-order chi connectivity index (χ1) is 8.75. The van der Waals surface area contributed by atoms with Crippen molar-refractivity contribution in [3.05, 3.63) is 0 Å². The van der Waals surface area contributed by atoms with Crippen LogP contribution in [-0.4, -0.2) is 42.0 Å². The van der Waals surface area contributed by atoms with E-state index in [0.717, 1.165) is 25.9 Å². The zero-order chi connectivity index (χ0) is 14.3. The highest BCUT2D eigenvalue weighted by atomic mass is 16.2. The molecule has 2 heterocycles. The van der Waals surface area contributed by atoms with Gasteiger partial charge in [0.1, 0.15) is 5.54 Å². The minimum absolute atomic E-state index is 0.0874. The fourth-order valence-corrected chi connectivity index (χ4v) is 2.71. The molecule has 0 bridgehead atoms. The fourth-order valence-electron chi connectivity index (χ4n) is 2.71. The summed E-state index contributed by atoms with van der Waals surface area (Å²) in [7, 11) is 0. The van der Waals surface area contributed by atoms with Crippen LogP contribution in [0.15, 0.2) is 0 Å². The predicted molar refractivity (Wildman–Crippen MR) is 73.7 cm³/mol. The molecule has 108 valence electrons. The summed E-state index contributed by atoms with van der Waals surface area (Å²) in [6, 6.07) is -0.243. The second kappa shape index (κ2) is 4.78. The van der Waals surface area contributed by atoms with Crippen molar-refractivity contribution in [2.24, 2.45) is 11.3 Å². The monoisotopic (exact) mass is 267 g/mol.